The Kier molecular flexibility index (Phi) is 4.50. The van der Waals surface area contributed by atoms with Crippen molar-refractivity contribution in [1.82, 2.24) is 5.32 Å². The summed E-state index contributed by atoms with van der Waals surface area (Å²) in [4.78, 5) is 23.4. The van der Waals surface area contributed by atoms with E-state index in [0.29, 0.717) is 0 Å². The van der Waals surface area contributed by atoms with Crippen LogP contribution in [0.15, 0.2) is 36.4 Å². The molecule has 0 spiro atoms. The lowest BCUT2D eigenvalue weighted by Crippen LogP contribution is -2.24. The fraction of sp³-hybridized carbons (Fsp3) is 0.125. The van der Waals surface area contributed by atoms with Gasteiger partial charge in [0.25, 0.3) is 5.91 Å². The molecule has 22 heavy (non-hydrogen) atoms. The summed E-state index contributed by atoms with van der Waals surface area (Å²) in [5.74, 6) is -2.29. The van der Waals surface area contributed by atoms with Crippen LogP contribution < -0.4 is 11.1 Å². The molecule has 0 aromatic heterocycles. The van der Waals surface area contributed by atoms with Crippen molar-refractivity contribution in [3.63, 3.8) is 0 Å². The van der Waals surface area contributed by atoms with Gasteiger partial charge in [-0.15, -0.1) is 0 Å². The second-order valence-corrected chi connectivity index (χ2v) is 4.74. The molecule has 0 unspecified atom stereocenters. The number of carbonyl (C=O) groups is 2. The van der Waals surface area contributed by atoms with Gasteiger partial charge in [0.2, 0.25) is 0 Å². The van der Waals surface area contributed by atoms with Gasteiger partial charge in [-0.05, 0) is 37.3 Å². The van der Waals surface area contributed by atoms with E-state index in [1.54, 1.807) is 0 Å². The normalized spacial score (nSPS) is 10.3. The Morgan fingerprint density at radius 3 is 2.36 bits per heavy atom. The lowest BCUT2D eigenvalue weighted by Gasteiger charge is -2.09. The predicted molar refractivity (Wildman–Crippen MR) is 78.4 cm³/mol. The zero-order valence-corrected chi connectivity index (χ0v) is 11.8. The topological polar surface area (TPSA) is 72.2 Å². The van der Waals surface area contributed by atoms with Gasteiger partial charge in [-0.3, -0.25) is 9.59 Å². The molecule has 1 amide bonds. The van der Waals surface area contributed by atoms with E-state index in [1.807, 2.05) is 0 Å². The number of anilines is 1. The van der Waals surface area contributed by atoms with Crippen molar-refractivity contribution in [2.24, 2.45) is 0 Å². The summed E-state index contributed by atoms with van der Waals surface area (Å²) < 4.78 is 26.9. The molecular formula is C16H14F2N2O2. The first kappa shape index (κ1) is 15.6. The molecule has 6 heteroatoms. The van der Waals surface area contributed by atoms with Crippen LogP contribution >= 0.6 is 0 Å². The zero-order chi connectivity index (χ0) is 16.3. The number of carbonyl (C=O) groups excluding carboxylic acids is 2. The van der Waals surface area contributed by atoms with E-state index in [2.05, 4.69) is 5.32 Å². The molecular weight excluding hydrogens is 290 g/mol. The molecule has 0 saturated carbocycles. The Morgan fingerprint density at radius 2 is 1.77 bits per heavy atom. The van der Waals surface area contributed by atoms with Gasteiger partial charge in [0.05, 0.1) is 0 Å². The SMILES string of the molecule is CC(=O)c1cc(C(=O)NCc2c(F)cccc2F)ccc1N. The molecule has 2 aromatic rings. The minimum Gasteiger partial charge on any atom is -0.398 e. The quantitative estimate of drug-likeness (QED) is 0.674. The highest BCUT2D eigenvalue weighted by Crippen LogP contribution is 2.16. The highest BCUT2D eigenvalue weighted by Gasteiger charge is 2.13. The van der Waals surface area contributed by atoms with Gasteiger partial charge in [-0.1, -0.05) is 6.07 Å². The number of hydrogen-bond donors (Lipinski definition) is 2. The van der Waals surface area contributed by atoms with Gasteiger partial charge in [0.15, 0.2) is 5.78 Å². The Hall–Kier alpha value is -2.76. The molecule has 0 bridgehead atoms. The first-order chi connectivity index (χ1) is 10.4. The Bertz CT molecular complexity index is 725. The van der Waals surface area contributed by atoms with Crippen molar-refractivity contribution in [3.05, 3.63) is 64.7 Å². The smallest absolute Gasteiger partial charge is 0.251 e. The summed E-state index contributed by atoms with van der Waals surface area (Å²) in [6, 6.07) is 7.70. The van der Waals surface area contributed by atoms with Crippen LogP contribution in [0, 0.1) is 11.6 Å². The number of hydrogen-bond acceptors (Lipinski definition) is 3. The van der Waals surface area contributed by atoms with Crippen LogP contribution in [0.1, 0.15) is 33.2 Å². The number of nitrogens with one attached hydrogen (secondary N) is 1. The van der Waals surface area contributed by atoms with E-state index in [1.165, 1.54) is 31.2 Å². The number of nitrogen functional groups attached to an aromatic ring is 1. The van der Waals surface area contributed by atoms with Crippen LogP contribution in [0.3, 0.4) is 0 Å². The predicted octanol–water partition coefficient (Wildman–Crippen LogP) is 2.68. The maximum atomic E-state index is 13.5. The van der Waals surface area contributed by atoms with Crippen LogP contribution in [0.5, 0.6) is 0 Å². The summed E-state index contributed by atoms with van der Waals surface area (Å²) in [6.45, 7) is 1.04. The third-order valence-electron chi connectivity index (χ3n) is 3.18. The average Bonchev–Trinajstić information content (AvgIpc) is 2.46. The molecule has 0 aliphatic carbocycles. The van der Waals surface area contributed by atoms with Crippen LogP contribution in [-0.2, 0) is 6.54 Å². The highest BCUT2D eigenvalue weighted by molar-refractivity contribution is 6.03. The molecule has 0 aliphatic heterocycles. The molecule has 2 aromatic carbocycles. The standard InChI is InChI=1S/C16H14F2N2O2/c1-9(21)11-7-10(5-6-15(11)19)16(22)20-8-12-13(17)3-2-4-14(12)18/h2-7H,8,19H2,1H3,(H,20,22). The van der Waals surface area contributed by atoms with E-state index in [4.69, 9.17) is 5.73 Å². The van der Waals surface area contributed by atoms with Crippen molar-refractivity contribution in [2.45, 2.75) is 13.5 Å². The third kappa shape index (κ3) is 3.28. The fourth-order valence-corrected chi connectivity index (χ4v) is 1.97. The van der Waals surface area contributed by atoms with Crippen LogP contribution in [0.2, 0.25) is 0 Å². The van der Waals surface area contributed by atoms with Gasteiger partial charge in [0, 0.05) is 28.9 Å². The molecule has 0 aliphatic rings. The van der Waals surface area contributed by atoms with Gasteiger partial charge in [-0.2, -0.15) is 0 Å². The number of amides is 1. The lowest BCUT2D eigenvalue weighted by atomic mass is 10.1. The number of halogens is 2. The van der Waals surface area contributed by atoms with Crippen molar-refractivity contribution in [2.75, 3.05) is 5.73 Å². The number of nitrogens with two attached hydrogens (primary N) is 1. The first-order valence-electron chi connectivity index (χ1n) is 6.51. The van der Waals surface area contributed by atoms with Crippen LogP contribution in [0.4, 0.5) is 14.5 Å². The average molecular weight is 304 g/mol. The number of benzene rings is 2. The Balaban J connectivity index is 2.16. The van der Waals surface area contributed by atoms with Gasteiger partial charge in [-0.25, -0.2) is 8.78 Å². The van der Waals surface area contributed by atoms with E-state index < -0.39 is 17.5 Å². The fourth-order valence-electron chi connectivity index (χ4n) is 1.97. The third-order valence-corrected chi connectivity index (χ3v) is 3.18. The summed E-state index contributed by atoms with van der Waals surface area (Å²) >= 11 is 0. The number of Topliss-reactive ketones (excluding diaryl/α,β-unsaturated/α-hetero) is 1. The van der Waals surface area contributed by atoms with Gasteiger partial charge >= 0.3 is 0 Å². The van der Waals surface area contributed by atoms with E-state index >= 15 is 0 Å². The summed E-state index contributed by atoms with van der Waals surface area (Å²) in [5, 5.41) is 2.41. The minimum absolute atomic E-state index is 0.191. The minimum atomic E-state index is -0.734. The molecule has 0 atom stereocenters. The van der Waals surface area contributed by atoms with Gasteiger partial charge in [0.1, 0.15) is 11.6 Å². The molecule has 0 radical (unpaired) electrons. The molecule has 114 valence electrons. The molecule has 0 heterocycles. The molecule has 0 fully saturated rings. The van der Waals surface area contributed by atoms with Crippen LogP contribution in [-0.4, -0.2) is 11.7 Å². The zero-order valence-electron chi connectivity index (χ0n) is 11.8. The summed E-state index contributed by atoms with van der Waals surface area (Å²) in [5.41, 5.74) is 6.10. The Labute approximate surface area is 125 Å². The van der Waals surface area contributed by atoms with E-state index in [0.717, 1.165) is 12.1 Å². The van der Waals surface area contributed by atoms with E-state index in [-0.39, 0.29) is 34.7 Å². The van der Waals surface area contributed by atoms with Crippen molar-refractivity contribution < 1.29 is 18.4 Å². The molecule has 2 rings (SSSR count). The second kappa shape index (κ2) is 6.34. The van der Waals surface area contributed by atoms with Crippen LogP contribution in [0.25, 0.3) is 0 Å². The maximum absolute atomic E-state index is 13.5. The summed E-state index contributed by atoms with van der Waals surface area (Å²) in [7, 11) is 0. The first-order valence-corrected chi connectivity index (χ1v) is 6.51. The molecule has 0 saturated heterocycles. The van der Waals surface area contributed by atoms with Crippen molar-refractivity contribution >= 4 is 17.4 Å². The maximum Gasteiger partial charge on any atom is 0.251 e. The molecule has 4 nitrogen and oxygen atoms in total. The monoisotopic (exact) mass is 304 g/mol. The number of ketones is 1. The van der Waals surface area contributed by atoms with Crippen molar-refractivity contribution in [1.29, 1.82) is 0 Å². The summed E-state index contributed by atoms with van der Waals surface area (Å²) in [6.07, 6.45) is 0. The second-order valence-electron chi connectivity index (χ2n) is 4.74. The number of rotatable bonds is 4. The van der Waals surface area contributed by atoms with E-state index in [9.17, 15) is 18.4 Å². The highest BCUT2D eigenvalue weighted by atomic mass is 19.1. The van der Waals surface area contributed by atoms with Gasteiger partial charge < -0.3 is 11.1 Å². The van der Waals surface area contributed by atoms with Crippen molar-refractivity contribution in [3.8, 4) is 0 Å². The largest absolute Gasteiger partial charge is 0.398 e. The molecule has 3 N–H and O–H groups in total. The Morgan fingerprint density at radius 1 is 1.14 bits per heavy atom. The lowest BCUT2D eigenvalue weighted by molar-refractivity contribution is 0.0950.